The molecule has 2 aliphatic rings. The molecule has 1 aliphatic heterocycles. The first-order chi connectivity index (χ1) is 15.7. The van der Waals surface area contributed by atoms with Crippen molar-refractivity contribution in [3.63, 3.8) is 0 Å². The maximum Gasteiger partial charge on any atom is 0.349 e. The summed E-state index contributed by atoms with van der Waals surface area (Å²) in [5, 5.41) is 5.65. The number of nitrogens with one attached hydrogen (secondary N) is 1. The molecule has 0 atom stereocenters. The second kappa shape index (κ2) is 9.38. The monoisotopic (exact) mass is 469 g/mol. The summed E-state index contributed by atoms with van der Waals surface area (Å²) in [5.74, 6) is 1.55. The summed E-state index contributed by atoms with van der Waals surface area (Å²) in [6, 6.07) is 9.67. The largest absolute Gasteiger partial charge is 0.454 e. The van der Waals surface area contributed by atoms with Crippen LogP contribution in [0.5, 0.6) is 11.5 Å². The fourth-order valence-corrected chi connectivity index (χ4v) is 5.62. The Morgan fingerprint density at radius 3 is 2.94 bits per heavy atom. The minimum Gasteiger partial charge on any atom is -0.454 e. The fraction of sp³-hybridized carbons (Fsp3) is 0.348. The SMILES string of the molecule is O=C(CSc1nc(=O)n(Cc2cccs2)c2c1CCCC2)NCc1ccc2c(c1)OCO2. The van der Waals surface area contributed by atoms with Gasteiger partial charge in [-0.15, -0.1) is 11.3 Å². The molecule has 1 aliphatic carbocycles. The lowest BCUT2D eigenvalue weighted by atomic mass is 9.97. The zero-order chi connectivity index (χ0) is 21.9. The van der Waals surface area contributed by atoms with Gasteiger partial charge in [0.2, 0.25) is 12.7 Å². The van der Waals surface area contributed by atoms with Gasteiger partial charge >= 0.3 is 5.69 Å². The lowest BCUT2D eigenvalue weighted by Crippen LogP contribution is -2.31. The van der Waals surface area contributed by atoms with Gasteiger partial charge in [0.25, 0.3) is 0 Å². The van der Waals surface area contributed by atoms with Crippen molar-refractivity contribution < 1.29 is 14.3 Å². The number of ether oxygens (including phenoxy) is 2. The molecule has 0 saturated carbocycles. The zero-order valence-electron chi connectivity index (χ0n) is 17.5. The number of hydrogen-bond donors (Lipinski definition) is 1. The minimum absolute atomic E-state index is 0.0956. The first-order valence-electron chi connectivity index (χ1n) is 10.6. The Kier molecular flexibility index (Phi) is 6.18. The molecule has 3 aromatic rings. The first-order valence-corrected chi connectivity index (χ1v) is 12.5. The highest BCUT2D eigenvalue weighted by molar-refractivity contribution is 7.99. The molecule has 0 saturated heterocycles. The first kappa shape index (κ1) is 21.1. The summed E-state index contributed by atoms with van der Waals surface area (Å²) in [4.78, 5) is 30.8. The van der Waals surface area contributed by atoms with Gasteiger partial charge in [-0.3, -0.25) is 9.36 Å². The summed E-state index contributed by atoms with van der Waals surface area (Å²) in [5.41, 5.74) is 2.91. The number of aromatic nitrogens is 2. The van der Waals surface area contributed by atoms with E-state index in [1.807, 2.05) is 40.3 Å². The molecule has 9 heteroatoms. The number of carbonyl (C=O) groups excluding carboxylic acids is 1. The molecule has 0 fully saturated rings. The molecule has 0 radical (unpaired) electrons. The summed E-state index contributed by atoms with van der Waals surface area (Å²) in [7, 11) is 0. The van der Waals surface area contributed by atoms with Crippen LogP contribution in [-0.4, -0.2) is 28.0 Å². The third-order valence-corrected chi connectivity index (χ3v) is 7.49. The van der Waals surface area contributed by atoms with E-state index in [0.717, 1.165) is 53.1 Å². The Labute approximate surface area is 193 Å². The molecule has 166 valence electrons. The van der Waals surface area contributed by atoms with Gasteiger partial charge in [0.1, 0.15) is 5.03 Å². The minimum atomic E-state index is -0.234. The predicted octanol–water partition coefficient (Wildman–Crippen LogP) is 3.37. The van der Waals surface area contributed by atoms with E-state index in [9.17, 15) is 9.59 Å². The smallest absolute Gasteiger partial charge is 0.349 e. The molecular weight excluding hydrogens is 446 g/mol. The van der Waals surface area contributed by atoms with Crippen LogP contribution in [0, 0.1) is 0 Å². The van der Waals surface area contributed by atoms with Gasteiger partial charge in [-0.1, -0.05) is 23.9 Å². The van der Waals surface area contributed by atoms with Crippen LogP contribution in [0.4, 0.5) is 0 Å². The summed E-state index contributed by atoms with van der Waals surface area (Å²) >= 11 is 3.00. The Hall–Kier alpha value is -2.78. The van der Waals surface area contributed by atoms with Gasteiger partial charge in [-0.25, -0.2) is 4.79 Å². The van der Waals surface area contributed by atoms with Crippen molar-refractivity contribution in [3.05, 3.63) is 67.9 Å². The highest BCUT2D eigenvalue weighted by atomic mass is 32.2. The molecule has 32 heavy (non-hydrogen) atoms. The van der Waals surface area contributed by atoms with Crippen molar-refractivity contribution in [2.75, 3.05) is 12.5 Å². The molecule has 3 heterocycles. The summed E-state index contributed by atoms with van der Waals surface area (Å²) < 4.78 is 12.5. The zero-order valence-corrected chi connectivity index (χ0v) is 19.1. The number of nitrogens with zero attached hydrogens (tertiary/aromatic N) is 2. The van der Waals surface area contributed by atoms with Crippen LogP contribution < -0.4 is 20.5 Å². The third-order valence-electron chi connectivity index (χ3n) is 5.61. The van der Waals surface area contributed by atoms with Crippen LogP contribution in [-0.2, 0) is 30.7 Å². The van der Waals surface area contributed by atoms with Gasteiger partial charge in [-0.05, 0) is 54.8 Å². The lowest BCUT2D eigenvalue weighted by molar-refractivity contribution is -0.118. The number of rotatable bonds is 7. The van der Waals surface area contributed by atoms with E-state index >= 15 is 0 Å². The Morgan fingerprint density at radius 1 is 1.19 bits per heavy atom. The molecule has 0 unspecified atom stereocenters. The number of amides is 1. The highest BCUT2D eigenvalue weighted by Crippen LogP contribution is 2.32. The topological polar surface area (TPSA) is 82.5 Å². The average molecular weight is 470 g/mol. The van der Waals surface area contributed by atoms with Gasteiger partial charge in [0, 0.05) is 22.7 Å². The van der Waals surface area contributed by atoms with Crippen LogP contribution in [0.1, 0.15) is 34.5 Å². The third kappa shape index (κ3) is 4.54. The lowest BCUT2D eigenvalue weighted by Gasteiger charge is -2.22. The van der Waals surface area contributed by atoms with E-state index in [4.69, 9.17) is 9.47 Å². The van der Waals surface area contributed by atoms with Crippen molar-refractivity contribution in [1.82, 2.24) is 14.9 Å². The second-order valence-corrected chi connectivity index (χ2v) is 9.75. The highest BCUT2D eigenvalue weighted by Gasteiger charge is 2.21. The molecule has 2 aromatic heterocycles. The van der Waals surface area contributed by atoms with E-state index in [2.05, 4.69) is 10.3 Å². The van der Waals surface area contributed by atoms with E-state index < -0.39 is 0 Å². The van der Waals surface area contributed by atoms with Gasteiger partial charge in [0.05, 0.1) is 12.3 Å². The summed E-state index contributed by atoms with van der Waals surface area (Å²) in [6.45, 7) is 1.20. The van der Waals surface area contributed by atoms with Crippen LogP contribution in [0.15, 0.2) is 45.5 Å². The average Bonchev–Trinajstić information content (AvgIpc) is 3.50. The molecule has 7 nitrogen and oxygen atoms in total. The van der Waals surface area contributed by atoms with E-state index in [1.54, 1.807) is 11.3 Å². The van der Waals surface area contributed by atoms with Crippen LogP contribution in [0.25, 0.3) is 0 Å². The maximum absolute atomic E-state index is 12.8. The number of fused-ring (bicyclic) bond motifs is 2. The molecule has 5 rings (SSSR count). The number of hydrogen-bond acceptors (Lipinski definition) is 7. The van der Waals surface area contributed by atoms with Gasteiger partial charge < -0.3 is 14.8 Å². The molecule has 1 N–H and O–H groups in total. The quantitative estimate of drug-likeness (QED) is 0.422. The van der Waals surface area contributed by atoms with Crippen molar-refractivity contribution >= 4 is 29.0 Å². The van der Waals surface area contributed by atoms with E-state index in [-0.39, 0.29) is 24.1 Å². The molecular formula is C23H23N3O4S2. The van der Waals surface area contributed by atoms with Crippen molar-refractivity contribution in [2.45, 2.75) is 43.8 Å². The number of thioether (sulfide) groups is 1. The predicted molar refractivity (Wildman–Crippen MR) is 124 cm³/mol. The maximum atomic E-state index is 12.8. The van der Waals surface area contributed by atoms with Crippen molar-refractivity contribution in [3.8, 4) is 11.5 Å². The number of thiophene rings is 1. The molecule has 1 amide bonds. The van der Waals surface area contributed by atoms with Crippen LogP contribution >= 0.6 is 23.1 Å². The fourth-order valence-electron chi connectivity index (χ4n) is 4.03. The molecule has 0 spiro atoms. The normalized spacial score (nSPS) is 14.2. The van der Waals surface area contributed by atoms with Gasteiger partial charge in [0.15, 0.2) is 11.5 Å². The van der Waals surface area contributed by atoms with Crippen LogP contribution in [0.2, 0.25) is 0 Å². The standard InChI is InChI=1S/C23H23N3O4S2/c27-21(24-11-15-7-8-19-20(10-15)30-14-29-19)13-32-22-17-5-1-2-6-18(17)26(23(28)25-22)12-16-4-3-9-31-16/h3-4,7-10H,1-2,5-6,11-14H2,(H,24,27). The Bertz CT molecular complexity index is 1190. The van der Waals surface area contributed by atoms with Crippen LogP contribution in [0.3, 0.4) is 0 Å². The van der Waals surface area contributed by atoms with Gasteiger partial charge in [-0.2, -0.15) is 4.98 Å². The second-order valence-electron chi connectivity index (χ2n) is 7.75. The summed E-state index contributed by atoms with van der Waals surface area (Å²) in [6.07, 6.45) is 3.92. The van der Waals surface area contributed by atoms with E-state index in [0.29, 0.717) is 23.9 Å². The van der Waals surface area contributed by atoms with Crippen molar-refractivity contribution in [2.24, 2.45) is 0 Å². The molecule has 0 bridgehead atoms. The van der Waals surface area contributed by atoms with Crippen molar-refractivity contribution in [1.29, 1.82) is 0 Å². The Balaban J connectivity index is 1.25. The Morgan fingerprint density at radius 2 is 2.06 bits per heavy atom. The molecule has 1 aromatic carbocycles. The number of benzene rings is 1. The van der Waals surface area contributed by atoms with E-state index in [1.165, 1.54) is 11.8 Å². The number of carbonyl (C=O) groups is 1.